The third-order valence-electron chi connectivity index (χ3n) is 4.23. The van der Waals surface area contributed by atoms with Crippen LogP contribution in [0.15, 0.2) is 84.9 Å². The second kappa shape index (κ2) is 8.27. The topological polar surface area (TPSA) is 113 Å². The molecule has 0 amide bonds. The third kappa shape index (κ3) is 4.50. The standard InChI is InChI=1S/C22H18N5O3/c23-22-25-20(15-4-2-1-3-5-15)14-21(26-22)24-16-6-10-18(11-7-16)30-19-12-8-17(9-13-19)27(28)29/h1-14H,(H,28,29)(H3,23,24,25,26)/q+1. The lowest BCUT2D eigenvalue weighted by Gasteiger charge is -2.10. The second-order valence-electron chi connectivity index (χ2n) is 6.38. The molecule has 0 radical (unpaired) electrons. The summed E-state index contributed by atoms with van der Waals surface area (Å²) in [6.07, 6.45) is 0. The Balaban J connectivity index is 1.47. The van der Waals surface area contributed by atoms with Crippen LogP contribution < -0.4 is 15.8 Å². The smallest absolute Gasteiger partial charge is 0.316 e. The van der Waals surface area contributed by atoms with E-state index in [1.165, 1.54) is 12.1 Å². The van der Waals surface area contributed by atoms with Crippen LogP contribution in [-0.4, -0.2) is 20.1 Å². The fraction of sp³-hybridized carbons (Fsp3) is 0. The Morgan fingerprint density at radius 1 is 0.867 bits per heavy atom. The van der Waals surface area contributed by atoms with Gasteiger partial charge in [0.25, 0.3) is 4.92 Å². The zero-order valence-corrected chi connectivity index (χ0v) is 15.8. The summed E-state index contributed by atoms with van der Waals surface area (Å²) in [5.74, 6) is 1.92. The van der Waals surface area contributed by atoms with Gasteiger partial charge < -0.3 is 15.8 Å². The summed E-state index contributed by atoms with van der Waals surface area (Å²) in [5.41, 5.74) is 8.48. The van der Waals surface area contributed by atoms with Gasteiger partial charge in [0.05, 0.1) is 10.6 Å². The number of nitrogens with one attached hydrogen (secondary N) is 1. The summed E-state index contributed by atoms with van der Waals surface area (Å²) in [4.78, 5) is 19.2. The molecule has 0 aliphatic heterocycles. The summed E-state index contributed by atoms with van der Waals surface area (Å²) in [6, 6.07) is 25.0. The van der Waals surface area contributed by atoms with Gasteiger partial charge >= 0.3 is 5.69 Å². The van der Waals surface area contributed by atoms with Crippen LogP contribution in [0.1, 0.15) is 0 Å². The Morgan fingerprint density at radius 3 is 2.13 bits per heavy atom. The van der Waals surface area contributed by atoms with Crippen molar-refractivity contribution in [3.8, 4) is 22.8 Å². The lowest BCUT2D eigenvalue weighted by atomic mass is 10.1. The van der Waals surface area contributed by atoms with E-state index in [4.69, 9.17) is 15.7 Å². The van der Waals surface area contributed by atoms with Crippen LogP contribution >= 0.6 is 0 Å². The van der Waals surface area contributed by atoms with E-state index in [1.54, 1.807) is 24.3 Å². The van der Waals surface area contributed by atoms with E-state index in [9.17, 15) is 4.91 Å². The van der Waals surface area contributed by atoms with Crippen molar-refractivity contribution in [2.24, 2.45) is 0 Å². The van der Waals surface area contributed by atoms with E-state index in [1.807, 2.05) is 48.5 Å². The molecule has 4 rings (SSSR count). The molecular formula is C22H18N5O3+. The van der Waals surface area contributed by atoms with E-state index in [0.717, 1.165) is 16.9 Å². The molecule has 0 unspecified atom stereocenters. The highest BCUT2D eigenvalue weighted by atomic mass is 16.6. The van der Waals surface area contributed by atoms with Crippen LogP contribution in [0.5, 0.6) is 11.5 Å². The molecule has 0 aliphatic rings. The van der Waals surface area contributed by atoms with Crippen LogP contribution in [0.4, 0.5) is 23.1 Å². The lowest BCUT2D eigenvalue weighted by molar-refractivity contribution is -0.729. The maximum absolute atomic E-state index is 10.8. The summed E-state index contributed by atoms with van der Waals surface area (Å²) < 4.78 is 5.74. The minimum absolute atomic E-state index is 0.126. The van der Waals surface area contributed by atoms with Crippen LogP contribution in [0.25, 0.3) is 11.3 Å². The molecule has 1 aromatic heterocycles. The normalized spacial score (nSPS) is 10.4. The van der Waals surface area contributed by atoms with Crippen molar-refractivity contribution < 1.29 is 14.9 Å². The van der Waals surface area contributed by atoms with E-state index in [-0.39, 0.29) is 16.6 Å². The number of hydrogen-bond donors (Lipinski definition) is 3. The minimum Gasteiger partial charge on any atom is -0.457 e. The summed E-state index contributed by atoms with van der Waals surface area (Å²) >= 11 is 0. The zero-order chi connectivity index (χ0) is 20.9. The number of nitrogens with two attached hydrogens (primary N) is 1. The second-order valence-corrected chi connectivity index (χ2v) is 6.38. The van der Waals surface area contributed by atoms with Gasteiger partial charge in [-0.2, -0.15) is 4.98 Å². The van der Waals surface area contributed by atoms with Gasteiger partial charge in [0.2, 0.25) is 5.95 Å². The molecule has 8 nitrogen and oxygen atoms in total. The average Bonchev–Trinajstić information content (AvgIpc) is 2.76. The zero-order valence-electron chi connectivity index (χ0n) is 15.8. The quantitative estimate of drug-likeness (QED) is 0.388. The number of benzene rings is 3. The first kappa shape index (κ1) is 18.9. The monoisotopic (exact) mass is 400 g/mol. The number of aromatic nitrogens is 2. The Morgan fingerprint density at radius 2 is 1.50 bits per heavy atom. The highest BCUT2D eigenvalue weighted by molar-refractivity contribution is 5.67. The molecule has 0 saturated heterocycles. The van der Waals surface area contributed by atoms with Crippen molar-refractivity contribution in [1.29, 1.82) is 0 Å². The van der Waals surface area contributed by atoms with Gasteiger partial charge in [0.15, 0.2) is 0 Å². The van der Waals surface area contributed by atoms with Gasteiger partial charge in [-0.05, 0) is 36.4 Å². The van der Waals surface area contributed by atoms with Gasteiger partial charge in [0, 0.05) is 29.4 Å². The van der Waals surface area contributed by atoms with Crippen LogP contribution in [0, 0.1) is 4.91 Å². The molecule has 148 valence electrons. The molecule has 0 spiro atoms. The lowest BCUT2D eigenvalue weighted by Crippen LogP contribution is -2.01. The maximum Gasteiger partial charge on any atom is 0.316 e. The molecule has 4 aromatic rings. The van der Waals surface area contributed by atoms with Crippen molar-refractivity contribution in [2.45, 2.75) is 0 Å². The molecular weight excluding hydrogens is 382 g/mol. The first-order chi connectivity index (χ1) is 14.6. The number of rotatable bonds is 6. The van der Waals surface area contributed by atoms with Crippen LogP contribution in [-0.2, 0) is 0 Å². The number of anilines is 3. The molecule has 30 heavy (non-hydrogen) atoms. The van der Waals surface area contributed by atoms with E-state index < -0.39 is 0 Å². The number of ether oxygens (including phenoxy) is 1. The predicted octanol–water partition coefficient (Wildman–Crippen LogP) is 5.06. The Labute approximate surface area is 172 Å². The molecule has 0 saturated carbocycles. The van der Waals surface area contributed by atoms with E-state index in [2.05, 4.69) is 15.3 Å². The van der Waals surface area contributed by atoms with Crippen LogP contribution in [0.2, 0.25) is 0 Å². The number of nitrogen functional groups attached to an aromatic ring is 1. The van der Waals surface area contributed by atoms with Gasteiger partial charge in [-0.25, -0.2) is 10.2 Å². The average molecular weight is 400 g/mol. The van der Waals surface area contributed by atoms with Gasteiger partial charge in [-0.1, -0.05) is 30.3 Å². The Hall–Kier alpha value is -4.46. The maximum atomic E-state index is 10.8. The highest BCUT2D eigenvalue weighted by Crippen LogP contribution is 2.27. The molecule has 0 atom stereocenters. The van der Waals surface area contributed by atoms with Crippen molar-refractivity contribution in [1.82, 2.24) is 9.97 Å². The summed E-state index contributed by atoms with van der Waals surface area (Å²) in [6.45, 7) is 0. The van der Waals surface area contributed by atoms with Crippen molar-refractivity contribution >= 4 is 23.1 Å². The predicted molar refractivity (Wildman–Crippen MR) is 113 cm³/mol. The number of hydrogen-bond acceptors (Lipinski definition) is 6. The first-order valence-corrected chi connectivity index (χ1v) is 9.08. The Bertz CT molecular complexity index is 1160. The molecule has 0 bridgehead atoms. The molecule has 0 aliphatic carbocycles. The van der Waals surface area contributed by atoms with Crippen molar-refractivity contribution in [2.75, 3.05) is 11.1 Å². The molecule has 1 heterocycles. The molecule has 4 N–H and O–H groups in total. The molecule has 3 aromatic carbocycles. The van der Waals surface area contributed by atoms with Crippen molar-refractivity contribution in [3.63, 3.8) is 0 Å². The largest absolute Gasteiger partial charge is 0.457 e. The summed E-state index contributed by atoms with van der Waals surface area (Å²) in [7, 11) is 0. The van der Waals surface area contributed by atoms with Gasteiger partial charge in [-0.3, -0.25) is 0 Å². The summed E-state index contributed by atoms with van der Waals surface area (Å²) in [5, 5.41) is 12.1. The molecule has 0 fully saturated rings. The third-order valence-corrected chi connectivity index (χ3v) is 4.23. The molecule has 8 heteroatoms. The SMILES string of the molecule is Nc1nc(Nc2ccc(Oc3ccc([N+](=O)O)cc3)cc2)cc(-c2ccccc2)n1. The first-order valence-electron chi connectivity index (χ1n) is 9.08. The Kier molecular flexibility index (Phi) is 5.21. The van der Waals surface area contributed by atoms with Crippen LogP contribution in [0.3, 0.4) is 0 Å². The fourth-order valence-corrected chi connectivity index (χ4v) is 2.82. The fourth-order valence-electron chi connectivity index (χ4n) is 2.82. The van der Waals surface area contributed by atoms with E-state index >= 15 is 0 Å². The minimum atomic E-state index is -0.201. The van der Waals surface area contributed by atoms with Gasteiger partial charge in [0.1, 0.15) is 17.3 Å². The van der Waals surface area contributed by atoms with E-state index in [0.29, 0.717) is 17.3 Å². The van der Waals surface area contributed by atoms with Gasteiger partial charge in [-0.15, -0.1) is 0 Å². The van der Waals surface area contributed by atoms with Crippen molar-refractivity contribution in [3.05, 3.63) is 89.8 Å². The highest BCUT2D eigenvalue weighted by Gasteiger charge is 2.10. The number of nitrogens with zero attached hydrogens (tertiary/aromatic N) is 3.